The lowest BCUT2D eigenvalue weighted by atomic mass is 9.91. The summed E-state index contributed by atoms with van der Waals surface area (Å²) in [7, 11) is 0. The standard InChI is InChI=1S/C16H24N2O/c1-12(17)14-4-7-18(8-5-14)11-13-2-3-16-15(10-13)6-9-19-16/h2-3,10,12,14H,4-9,11,17H2,1H3. The Kier molecular flexibility index (Phi) is 3.76. The highest BCUT2D eigenvalue weighted by Crippen LogP contribution is 2.27. The average molecular weight is 260 g/mol. The Morgan fingerprint density at radius 2 is 2.16 bits per heavy atom. The molecule has 1 aromatic carbocycles. The molecular formula is C16H24N2O. The lowest BCUT2D eigenvalue weighted by molar-refractivity contribution is 0.165. The molecule has 0 aliphatic carbocycles. The van der Waals surface area contributed by atoms with Crippen LogP contribution in [0.25, 0.3) is 0 Å². The van der Waals surface area contributed by atoms with Crippen LogP contribution in [0.5, 0.6) is 5.75 Å². The van der Waals surface area contributed by atoms with Gasteiger partial charge in [0.1, 0.15) is 5.75 Å². The number of hydrogen-bond donors (Lipinski definition) is 1. The number of benzene rings is 1. The zero-order chi connectivity index (χ0) is 13.2. The molecule has 1 aromatic rings. The molecule has 0 aromatic heterocycles. The van der Waals surface area contributed by atoms with Gasteiger partial charge in [0.25, 0.3) is 0 Å². The lowest BCUT2D eigenvalue weighted by Crippen LogP contribution is -2.39. The van der Waals surface area contributed by atoms with Crippen LogP contribution >= 0.6 is 0 Å². The third-order valence-corrected chi connectivity index (χ3v) is 4.54. The molecule has 3 rings (SSSR count). The predicted molar refractivity (Wildman–Crippen MR) is 77.3 cm³/mol. The minimum atomic E-state index is 0.347. The first-order valence-electron chi connectivity index (χ1n) is 7.45. The number of piperidine rings is 1. The summed E-state index contributed by atoms with van der Waals surface area (Å²) in [5.41, 5.74) is 8.79. The molecule has 0 spiro atoms. The molecule has 0 radical (unpaired) electrons. The van der Waals surface area contributed by atoms with Crippen LogP contribution in [-0.4, -0.2) is 30.6 Å². The van der Waals surface area contributed by atoms with E-state index in [4.69, 9.17) is 10.5 Å². The molecule has 19 heavy (non-hydrogen) atoms. The van der Waals surface area contributed by atoms with Gasteiger partial charge < -0.3 is 10.5 Å². The van der Waals surface area contributed by atoms with E-state index in [0.717, 1.165) is 25.3 Å². The fourth-order valence-corrected chi connectivity index (χ4v) is 3.23. The summed E-state index contributed by atoms with van der Waals surface area (Å²) in [4.78, 5) is 2.55. The molecular weight excluding hydrogens is 236 g/mol. The minimum Gasteiger partial charge on any atom is -0.493 e. The van der Waals surface area contributed by atoms with Gasteiger partial charge in [-0.05, 0) is 56.0 Å². The summed E-state index contributed by atoms with van der Waals surface area (Å²) < 4.78 is 5.56. The molecule has 1 fully saturated rings. The van der Waals surface area contributed by atoms with E-state index in [2.05, 4.69) is 30.0 Å². The Morgan fingerprint density at radius 1 is 1.37 bits per heavy atom. The van der Waals surface area contributed by atoms with E-state index >= 15 is 0 Å². The van der Waals surface area contributed by atoms with Crippen molar-refractivity contribution in [2.75, 3.05) is 19.7 Å². The van der Waals surface area contributed by atoms with Gasteiger partial charge in [-0.1, -0.05) is 12.1 Å². The average Bonchev–Trinajstić information content (AvgIpc) is 2.87. The summed E-state index contributed by atoms with van der Waals surface area (Å²) in [5, 5.41) is 0. The maximum Gasteiger partial charge on any atom is 0.122 e. The predicted octanol–water partition coefficient (Wildman–Crippen LogP) is 2.18. The van der Waals surface area contributed by atoms with Crippen molar-refractivity contribution in [1.82, 2.24) is 4.90 Å². The van der Waals surface area contributed by atoms with Crippen LogP contribution in [0.1, 0.15) is 30.9 Å². The van der Waals surface area contributed by atoms with Crippen LogP contribution in [-0.2, 0) is 13.0 Å². The Balaban J connectivity index is 1.58. The van der Waals surface area contributed by atoms with Crippen LogP contribution in [0.4, 0.5) is 0 Å². The number of fused-ring (bicyclic) bond motifs is 1. The van der Waals surface area contributed by atoms with Gasteiger partial charge in [0.15, 0.2) is 0 Å². The first-order valence-corrected chi connectivity index (χ1v) is 7.45. The van der Waals surface area contributed by atoms with Gasteiger partial charge in [0, 0.05) is 19.0 Å². The van der Waals surface area contributed by atoms with Crippen molar-refractivity contribution in [2.24, 2.45) is 11.7 Å². The largest absolute Gasteiger partial charge is 0.493 e. The number of rotatable bonds is 3. The van der Waals surface area contributed by atoms with Gasteiger partial charge in [-0.15, -0.1) is 0 Å². The molecule has 104 valence electrons. The van der Waals surface area contributed by atoms with Crippen LogP contribution in [0.3, 0.4) is 0 Å². The van der Waals surface area contributed by atoms with Gasteiger partial charge in [-0.3, -0.25) is 4.90 Å². The molecule has 2 heterocycles. The number of likely N-dealkylation sites (tertiary alicyclic amines) is 1. The van der Waals surface area contributed by atoms with Gasteiger partial charge in [-0.2, -0.15) is 0 Å². The molecule has 0 saturated carbocycles. The van der Waals surface area contributed by atoms with Crippen LogP contribution in [0.2, 0.25) is 0 Å². The van der Waals surface area contributed by atoms with E-state index in [1.807, 2.05) is 0 Å². The maximum atomic E-state index is 5.99. The van der Waals surface area contributed by atoms with E-state index in [-0.39, 0.29) is 0 Å². The topological polar surface area (TPSA) is 38.5 Å². The molecule has 0 bridgehead atoms. The Bertz CT molecular complexity index is 436. The minimum absolute atomic E-state index is 0.347. The molecule has 2 N–H and O–H groups in total. The third-order valence-electron chi connectivity index (χ3n) is 4.54. The Labute approximate surface area is 115 Å². The van der Waals surface area contributed by atoms with Crippen LogP contribution < -0.4 is 10.5 Å². The molecule has 3 heteroatoms. The van der Waals surface area contributed by atoms with E-state index in [9.17, 15) is 0 Å². The van der Waals surface area contributed by atoms with E-state index in [1.165, 1.54) is 37.1 Å². The smallest absolute Gasteiger partial charge is 0.122 e. The number of ether oxygens (including phenoxy) is 1. The highest BCUT2D eigenvalue weighted by Gasteiger charge is 2.22. The number of hydrogen-bond acceptors (Lipinski definition) is 3. The van der Waals surface area contributed by atoms with Gasteiger partial charge >= 0.3 is 0 Å². The highest BCUT2D eigenvalue weighted by atomic mass is 16.5. The SMILES string of the molecule is CC(N)C1CCN(Cc2ccc3c(c2)CCO3)CC1. The molecule has 2 aliphatic rings. The highest BCUT2D eigenvalue weighted by molar-refractivity contribution is 5.39. The van der Waals surface area contributed by atoms with Crippen molar-refractivity contribution < 1.29 is 4.74 Å². The quantitative estimate of drug-likeness (QED) is 0.905. The van der Waals surface area contributed by atoms with Crippen LogP contribution in [0, 0.1) is 5.92 Å². The first kappa shape index (κ1) is 12.9. The van der Waals surface area contributed by atoms with Crippen molar-refractivity contribution in [1.29, 1.82) is 0 Å². The second kappa shape index (κ2) is 5.51. The molecule has 1 saturated heterocycles. The molecule has 1 unspecified atom stereocenters. The fraction of sp³-hybridized carbons (Fsp3) is 0.625. The molecule has 0 amide bonds. The van der Waals surface area contributed by atoms with Gasteiger partial charge in [0.2, 0.25) is 0 Å². The monoisotopic (exact) mass is 260 g/mol. The Hall–Kier alpha value is -1.06. The summed E-state index contributed by atoms with van der Waals surface area (Å²) in [5.74, 6) is 1.80. The van der Waals surface area contributed by atoms with E-state index in [1.54, 1.807) is 0 Å². The fourth-order valence-electron chi connectivity index (χ4n) is 3.23. The number of nitrogens with two attached hydrogens (primary N) is 1. The first-order chi connectivity index (χ1) is 9.22. The van der Waals surface area contributed by atoms with E-state index in [0.29, 0.717) is 12.0 Å². The summed E-state index contributed by atoms with van der Waals surface area (Å²) in [6.45, 7) is 6.41. The lowest BCUT2D eigenvalue weighted by Gasteiger charge is -2.33. The normalized spacial score (nSPS) is 22.0. The van der Waals surface area contributed by atoms with Crippen molar-refractivity contribution >= 4 is 0 Å². The molecule has 3 nitrogen and oxygen atoms in total. The molecule has 2 aliphatic heterocycles. The van der Waals surface area contributed by atoms with Crippen molar-refractivity contribution in [3.05, 3.63) is 29.3 Å². The molecule has 1 atom stereocenters. The zero-order valence-corrected chi connectivity index (χ0v) is 11.8. The van der Waals surface area contributed by atoms with Crippen LogP contribution in [0.15, 0.2) is 18.2 Å². The third kappa shape index (κ3) is 2.93. The van der Waals surface area contributed by atoms with Crippen molar-refractivity contribution in [3.63, 3.8) is 0 Å². The summed E-state index contributed by atoms with van der Waals surface area (Å²) in [6, 6.07) is 7.01. The second-order valence-corrected chi connectivity index (χ2v) is 6.01. The maximum absolute atomic E-state index is 5.99. The second-order valence-electron chi connectivity index (χ2n) is 6.01. The summed E-state index contributed by atoms with van der Waals surface area (Å²) >= 11 is 0. The van der Waals surface area contributed by atoms with Gasteiger partial charge in [-0.25, -0.2) is 0 Å². The number of nitrogens with zero attached hydrogens (tertiary/aromatic N) is 1. The summed E-state index contributed by atoms with van der Waals surface area (Å²) in [6.07, 6.45) is 3.55. The zero-order valence-electron chi connectivity index (χ0n) is 11.8. The van der Waals surface area contributed by atoms with E-state index < -0.39 is 0 Å². The van der Waals surface area contributed by atoms with Gasteiger partial charge in [0.05, 0.1) is 6.61 Å². The Morgan fingerprint density at radius 3 is 2.89 bits per heavy atom. The van der Waals surface area contributed by atoms with Crippen molar-refractivity contribution in [2.45, 2.75) is 38.8 Å². The van der Waals surface area contributed by atoms with Crippen molar-refractivity contribution in [3.8, 4) is 5.75 Å².